The van der Waals surface area contributed by atoms with Crippen molar-refractivity contribution in [3.05, 3.63) is 101 Å². The van der Waals surface area contributed by atoms with E-state index in [1.807, 2.05) is 81.4 Å². The van der Waals surface area contributed by atoms with Crippen LogP contribution in [0.1, 0.15) is 120 Å². The number of likely N-dealkylation sites (tertiary alicyclic amines) is 2. The Bertz CT molecular complexity index is 2650. The lowest BCUT2D eigenvalue weighted by Crippen LogP contribution is -2.48. The lowest BCUT2D eigenvalue weighted by molar-refractivity contribution is -0.141. The molecule has 3 aromatic heterocycles. The summed E-state index contributed by atoms with van der Waals surface area (Å²) in [6.45, 7) is 13.9. The summed E-state index contributed by atoms with van der Waals surface area (Å²) < 4.78 is 11.8. The van der Waals surface area contributed by atoms with Gasteiger partial charge in [0, 0.05) is 87.3 Å². The van der Waals surface area contributed by atoms with Crippen LogP contribution in [0.2, 0.25) is 5.02 Å². The molecular formula is C57H76ClN11O6. The number of hydrogen-bond acceptors (Lipinski definition) is 15. The number of carbonyl (C=O) groups is 2. The fraction of sp³-hybridized carbons (Fsp3) is 0.544. The van der Waals surface area contributed by atoms with Gasteiger partial charge in [0.2, 0.25) is 17.7 Å². The Morgan fingerprint density at radius 3 is 2.39 bits per heavy atom. The van der Waals surface area contributed by atoms with Gasteiger partial charge < -0.3 is 55.4 Å². The van der Waals surface area contributed by atoms with E-state index in [4.69, 9.17) is 26.6 Å². The van der Waals surface area contributed by atoms with Crippen LogP contribution in [0.3, 0.4) is 0 Å². The number of phenols is 1. The summed E-state index contributed by atoms with van der Waals surface area (Å²) in [5.74, 6) is 2.49. The molecule has 2 amide bonds. The van der Waals surface area contributed by atoms with E-state index < -0.39 is 12.0 Å². The molecule has 17 nitrogen and oxygen atoms in total. The van der Waals surface area contributed by atoms with E-state index in [2.05, 4.69) is 45.7 Å². The van der Waals surface area contributed by atoms with Crippen LogP contribution in [-0.4, -0.2) is 129 Å². The molecule has 6 N–H and O–H groups in total. The monoisotopic (exact) mass is 1050 g/mol. The van der Waals surface area contributed by atoms with Crippen molar-refractivity contribution in [3.63, 3.8) is 0 Å². The highest BCUT2D eigenvalue weighted by Crippen LogP contribution is 2.36. The van der Waals surface area contributed by atoms with Gasteiger partial charge in [-0.15, -0.1) is 10.2 Å². The van der Waals surface area contributed by atoms with Crippen molar-refractivity contribution >= 4 is 40.7 Å². The first-order chi connectivity index (χ1) is 36.3. The summed E-state index contributed by atoms with van der Waals surface area (Å²) in [5.41, 5.74) is 10.4. The van der Waals surface area contributed by atoms with Gasteiger partial charge in [-0.1, -0.05) is 54.9 Å². The zero-order valence-corrected chi connectivity index (χ0v) is 44.6. The van der Waals surface area contributed by atoms with Gasteiger partial charge in [-0.2, -0.15) is 0 Å². The average Bonchev–Trinajstić information content (AvgIpc) is 4.22. The molecule has 0 bridgehead atoms. The standard InChI is InChI=1S/C32H46ClN5O4.C25H30N6O2/c1-21(2)30(32(41)38-14-4-5-27(38)31(40)34-22(3)24-6-8-25(33)9-7-24)28-19-29(35-42-28)37-17-10-23(11-18-37)20-36-15-12-26(39)13-16-36;26-25-22(14-21(29-30-25)20-8-1-2-9-23(20)32)31(16-18-5-4-11-27-18)15-17-10-12-28-24(13-17)33-19-6-3-7-19/h6-9,19,21-23,26-27,30,39H,4-5,10-18,20H2,1-3H3,(H,34,40);1-2,8-10,12-14,18-19,27,32H,3-7,11,15-16H2,(H2,26,30). The summed E-state index contributed by atoms with van der Waals surface area (Å²) in [6.07, 6.45) is 13.0. The number of aromatic hydroxyl groups is 1. The number of carbonyl (C=O) groups excluding carboxylic acids is 2. The van der Waals surface area contributed by atoms with Crippen molar-refractivity contribution in [2.75, 3.05) is 67.9 Å². The normalized spacial score (nSPS) is 20.6. The third-order valence-electron chi connectivity index (χ3n) is 15.8. The molecule has 5 fully saturated rings. The van der Waals surface area contributed by atoms with Gasteiger partial charge in [0.15, 0.2) is 17.4 Å². The number of halogens is 1. The minimum atomic E-state index is -0.502. The smallest absolute Gasteiger partial charge is 0.243 e. The van der Waals surface area contributed by atoms with E-state index in [1.54, 1.807) is 23.2 Å². The number of aliphatic hydroxyl groups excluding tert-OH is 1. The lowest BCUT2D eigenvalue weighted by atomic mass is 9.91. The second kappa shape index (κ2) is 25.2. The maximum Gasteiger partial charge on any atom is 0.243 e. The van der Waals surface area contributed by atoms with Crippen LogP contribution in [0.15, 0.2) is 83.5 Å². The van der Waals surface area contributed by atoms with E-state index in [9.17, 15) is 19.8 Å². The van der Waals surface area contributed by atoms with Gasteiger partial charge >= 0.3 is 0 Å². The van der Waals surface area contributed by atoms with Crippen molar-refractivity contribution < 1.29 is 29.1 Å². The highest BCUT2D eigenvalue weighted by atomic mass is 35.5. The number of benzene rings is 2. The number of nitrogens with one attached hydrogen (secondary N) is 2. The van der Waals surface area contributed by atoms with Gasteiger partial charge in [0.1, 0.15) is 23.8 Å². The van der Waals surface area contributed by atoms with E-state index in [1.165, 1.54) is 12.8 Å². The van der Waals surface area contributed by atoms with Crippen LogP contribution in [0.4, 0.5) is 17.3 Å². The number of para-hydroxylation sites is 1. The molecule has 0 spiro atoms. The maximum absolute atomic E-state index is 13.9. The number of aromatic nitrogens is 4. The molecule has 4 saturated heterocycles. The molecule has 4 unspecified atom stereocenters. The van der Waals surface area contributed by atoms with Crippen LogP contribution in [0.5, 0.6) is 11.6 Å². The van der Waals surface area contributed by atoms with Crippen molar-refractivity contribution in [2.45, 2.75) is 134 Å². The van der Waals surface area contributed by atoms with Crippen molar-refractivity contribution in [1.82, 2.24) is 40.8 Å². The SMILES string of the molecule is CC(NC(=O)C1CCCN1C(=O)C(c1cc(N2CCC(CN3CCC(O)CC3)CC2)no1)C(C)C)c1ccc(Cl)cc1.Nc1nnc(-c2ccccc2O)cc1N(Cc1ccnc(OC2CCC2)c1)CC1CCCN1. The van der Waals surface area contributed by atoms with Gasteiger partial charge in [-0.3, -0.25) is 9.59 Å². The Balaban J connectivity index is 0.000000189. The lowest BCUT2D eigenvalue weighted by Gasteiger charge is -2.36. The molecular weight excluding hydrogens is 970 g/mol. The first-order valence-electron chi connectivity index (χ1n) is 27.3. The molecule has 75 heavy (non-hydrogen) atoms. The average molecular weight is 1050 g/mol. The highest BCUT2D eigenvalue weighted by Gasteiger charge is 2.41. The number of hydrogen-bond donors (Lipinski definition) is 5. The Morgan fingerprint density at radius 2 is 1.68 bits per heavy atom. The van der Waals surface area contributed by atoms with Gasteiger partial charge in [-0.05, 0) is 143 Å². The fourth-order valence-electron chi connectivity index (χ4n) is 11.1. The number of nitrogens with zero attached hydrogens (tertiary/aromatic N) is 8. The highest BCUT2D eigenvalue weighted by molar-refractivity contribution is 6.30. The molecule has 0 radical (unpaired) electrons. The molecule has 1 saturated carbocycles. The Hall–Kier alpha value is -6.01. The quantitative estimate of drug-likeness (QED) is 0.0595. The van der Waals surface area contributed by atoms with E-state index in [0.29, 0.717) is 65.2 Å². The molecule has 4 aliphatic heterocycles. The summed E-state index contributed by atoms with van der Waals surface area (Å²) >= 11 is 6.02. The van der Waals surface area contributed by atoms with Gasteiger partial charge in [0.25, 0.3) is 0 Å². The molecule has 402 valence electrons. The molecule has 1 aliphatic carbocycles. The number of aliphatic hydroxyl groups is 1. The summed E-state index contributed by atoms with van der Waals surface area (Å²) in [4.78, 5) is 40.4. The van der Waals surface area contributed by atoms with Crippen LogP contribution in [0, 0.1) is 11.8 Å². The van der Waals surface area contributed by atoms with E-state index >= 15 is 0 Å². The van der Waals surface area contributed by atoms with Crippen LogP contribution >= 0.6 is 11.6 Å². The Kier molecular flexibility index (Phi) is 18.1. The number of amides is 2. The number of piperidine rings is 2. The molecule has 2 aromatic carbocycles. The third kappa shape index (κ3) is 13.9. The van der Waals surface area contributed by atoms with Crippen LogP contribution in [-0.2, 0) is 16.1 Å². The largest absolute Gasteiger partial charge is 0.507 e. The number of pyridine rings is 1. The Morgan fingerprint density at radius 1 is 0.907 bits per heavy atom. The molecule has 4 atom stereocenters. The van der Waals surface area contributed by atoms with Crippen molar-refractivity contribution in [3.8, 4) is 22.9 Å². The minimum absolute atomic E-state index is 0.00982. The Labute approximate surface area is 446 Å². The first-order valence-corrected chi connectivity index (χ1v) is 27.7. The summed E-state index contributed by atoms with van der Waals surface area (Å²) in [6, 6.07) is 22.1. The fourth-order valence-corrected chi connectivity index (χ4v) is 11.3. The topological polar surface area (TPSA) is 212 Å². The number of nitrogen functional groups attached to an aromatic ring is 1. The minimum Gasteiger partial charge on any atom is -0.507 e. The summed E-state index contributed by atoms with van der Waals surface area (Å²) in [5, 5.41) is 40.3. The number of anilines is 3. The number of phenolic OH excluding ortho intramolecular Hbond substituents is 1. The first kappa shape index (κ1) is 53.8. The predicted molar refractivity (Wildman–Crippen MR) is 292 cm³/mol. The maximum atomic E-state index is 13.9. The van der Waals surface area contributed by atoms with Gasteiger partial charge in [-0.25, -0.2) is 4.98 Å². The predicted octanol–water partition coefficient (Wildman–Crippen LogP) is 8.13. The molecule has 10 rings (SSSR count). The second-order valence-electron chi connectivity index (χ2n) is 21.6. The molecule has 5 aliphatic rings. The summed E-state index contributed by atoms with van der Waals surface area (Å²) in [7, 11) is 0. The zero-order chi connectivity index (χ0) is 52.4. The number of ether oxygens (including phenoxy) is 1. The van der Waals surface area contributed by atoms with Crippen LogP contribution in [0.25, 0.3) is 11.3 Å². The third-order valence-corrected chi connectivity index (χ3v) is 16.0. The second-order valence-corrected chi connectivity index (χ2v) is 22.0. The van der Waals surface area contributed by atoms with Crippen molar-refractivity contribution in [1.29, 1.82) is 0 Å². The van der Waals surface area contributed by atoms with Crippen LogP contribution < -0.4 is 30.9 Å². The van der Waals surface area contributed by atoms with Crippen molar-refractivity contribution in [2.24, 2.45) is 11.8 Å². The molecule has 7 heterocycles. The van der Waals surface area contributed by atoms with E-state index in [-0.39, 0.29) is 41.7 Å². The molecule has 5 aromatic rings. The number of nitrogens with two attached hydrogens (primary N) is 1. The zero-order valence-electron chi connectivity index (χ0n) is 43.8. The van der Waals surface area contributed by atoms with E-state index in [0.717, 1.165) is 120 Å². The molecule has 18 heteroatoms. The number of rotatable bonds is 17. The van der Waals surface area contributed by atoms with Gasteiger partial charge in [0.05, 0.1) is 23.5 Å².